The van der Waals surface area contributed by atoms with Gasteiger partial charge in [-0.15, -0.1) is 0 Å². The number of piperidine rings is 2. The summed E-state index contributed by atoms with van der Waals surface area (Å²) in [6.45, 7) is 3.04. The van der Waals surface area contributed by atoms with Crippen LogP contribution in [0.3, 0.4) is 0 Å². The molecule has 0 aliphatic carbocycles. The molecule has 2 fully saturated rings. The molecule has 3 aromatic rings. The molecule has 0 bridgehead atoms. The fourth-order valence-electron chi connectivity index (χ4n) is 5.59. The fraction of sp³-hybridized carbons (Fsp3) is 0.464. The standard InChI is InChI=1S/C28H34N4O3/c33-27(15-19-31-21-29-24-10-4-5-12-26(24)31)32-16-7-6-11-25(32)22-13-17-30(18-14-22)28(34)20-35-23-8-2-1-3-9-23/h1-5,8-10,12,21-22,25H,6-7,11,13-20H2/t25-/m1/s1. The van der Waals surface area contributed by atoms with Crippen LogP contribution in [0.1, 0.15) is 38.5 Å². The zero-order valence-corrected chi connectivity index (χ0v) is 20.2. The van der Waals surface area contributed by atoms with Gasteiger partial charge in [0.2, 0.25) is 5.91 Å². The van der Waals surface area contributed by atoms with Gasteiger partial charge in [-0.3, -0.25) is 9.59 Å². The van der Waals surface area contributed by atoms with Crippen molar-refractivity contribution in [2.45, 2.75) is 51.1 Å². The van der Waals surface area contributed by atoms with Crippen LogP contribution < -0.4 is 4.74 Å². The van der Waals surface area contributed by atoms with Crippen molar-refractivity contribution < 1.29 is 14.3 Å². The number of para-hydroxylation sites is 3. The minimum absolute atomic E-state index is 0.0384. The van der Waals surface area contributed by atoms with E-state index in [-0.39, 0.29) is 24.5 Å². The van der Waals surface area contributed by atoms with Gasteiger partial charge in [-0.05, 0) is 62.3 Å². The van der Waals surface area contributed by atoms with Gasteiger partial charge in [-0.1, -0.05) is 30.3 Å². The van der Waals surface area contributed by atoms with Gasteiger partial charge in [-0.2, -0.15) is 0 Å². The number of rotatable bonds is 7. The van der Waals surface area contributed by atoms with Crippen molar-refractivity contribution in [3.05, 3.63) is 60.9 Å². The Morgan fingerprint density at radius 3 is 2.49 bits per heavy atom. The zero-order chi connectivity index (χ0) is 24.0. The van der Waals surface area contributed by atoms with Gasteiger partial charge < -0.3 is 19.1 Å². The Morgan fingerprint density at radius 2 is 1.66 bits per heavy atom. The van der Waals surface area contributed by atoms with Crippen LogP contribution in [0, 0.1) is 5.92 Å². The molecular weight excluding hydrogens is 440 g/mol. The van der Waals surface area contributed by atoms with Crippen LogP contribution in [0.4, 0.5) is 0 Å². The number of hydrogen-bond acceptors (Lipinski definition) is 4. The van der Waals surface area contributed by atoms with E-state index < -0.39 is 0 Å². The van der Waals surface area contributed by atoms with E-state index in [9.17, 15) is 9.59 Å². The van der Waals surface area contributed by atoms with Gasteiger partial charge in [0.05, 0.1) is 17.4 Å². The first-order valence-corrected chi connectivity index (χ1v) is 12.8. The Labute approximate surface area is 206 Å². The number of carbonyl (C=O) groups excluding carboxylic acids is 2. The van der Waals surface area contributed by atoms with Crippen molar-refractivity contribution in [1.29, 1.82) is 0 Å². The molecule has 0 unspecified atom stereocenters. The minimum Gasteiger partial charge on any atom is -0.484 e. The van der Waals surface area contributed by atoms with Crippen molar-refractivity contribution in [1.82, 2.24) is 19.4 Å². The molecule has 2 amide bonds. The minimum atomic E-state index is 0.0384. The molecule has 1 aromatic heterocycles. The predicted octanol–water partition coefficient (Wildman–Crippen LogP) is 4.13. The highest BCUT2D eigenvalue weighted by Crippen LogP contribution is 2.31. The third kappa shape index (κ3) is 5.50. The van der Waals surface area contributed by atoms with E-state index in [1.54, 1.807) is 0 Å². The second-order valence-corrected chi connectivity index (χ2v) is 9.65. The van der Waals surface area contributed by atoms with Crippen molar-refractivity contribution in [3.8, 4) is 5.75 Å². The lowest BCUT2D eigenvalue weighted by Crippen LogP contribution is -2.51. The first-order valence-electron chi connectivity index (χ1n) is 12.8. The van der Waals surface area contributed by atoms with E-state index in [0.29, 0.717) is 18.9 Å². The molecule has 0 radical (unpaired) electrons. The summed E-state index contributed by atoms with van der Waals surface area (Å²) in [5.41, 5.74) is 2.04. The van der Waals surface area contributed by atoms with Crippen LogP contribution >= 0.6 is 0 Å². The monoisotopic (exact) mass is 474 g/mol. The second kappa shape index (κ2) is 10.9. The maximum atomic E-state index is 13.3. The van der Waals surface area contributed by atoms with Gasteiger partial charge >= 0.3 is 0 Å². The van der Waals surface area contributed by atoms with Crippen molar-refractivity contribution in [3.63, 3.8) is 0 Å². The van der Waals surface area contributed by atoms with Gasteiger partial charge in [0.1, 0.15) is 5.75 Å². The molecule has 7 heteroatoms. The number of amides is 2. The van der Waals surface area contributed by atoms with E-state index in [4.69, 9.17) is 4.74 Å². The number of imidazole rings is 1. The number of ether oxygens (including phenoxy) is 1. The lowest BCUT2D eigenvalue weighted by atomic mass is 9.83. The summed E-state index contributed by atoms with van der Waals surface area (Å²) in [7, 11) is 0. The highest BCUT2D eigenvalue weighted by molar-refractivity contribution is 5.78. The van der Waals surface area contributed by atoms with Gasteiger partial charge in [0.15, 0.2) is 6.61 Å². The average molecular weight is 475 g/mol. The van der Waals surface area contributed by atoms with Gasteiger partial charge in [0.25, 0.3) is 5.91 Å². The third-order valence-electron chi connectivity index (χ3n) is 7.51. The zero-order valence-electron chi connectivity index (χ0n) is 20.2. The van der Waals surface area contributed by atoms with Gasteiger partial charge in [0, 0.05) is 38.6 Å². The summed E-state index contributed by atoms with van der Waals surface area (Å²) >= 11 is 0. The third-order valence-corrected chi connectivity index (χ3v) is 7.51. The number of hydrogen-bond donors (Lipinski definition) is 0. The lowest BCUT2D eigenvalue weighted by Gasteiger charge is -2.43. The topological polar surface area (TPSA) is 67.7 Å². The Hall–Kier alpha value is -3.35. The summed E-state index contributed by atoms with van der Waals surface area (Å²) in [6, 6.07) is 17.8. The van der Waals surface area contributed by atoms with Crippen LogP contribution in [0.25, 0.3) is 11.0 Å². The molecule has 0 spiro atoms. The van der Waals surface area contributed by atoms with Crippen LogP contribution in [0.15, 0.2) is 60.9 Å². The molecule has 1 atom stereocenters. The molecule has 0 N–H and O–H groups in total. The van der Waals surface area contributed by atoms with E-state index in [1.807, 2.05) is 59.8 Å². The van der Waals surface area contributed by atoms with E-state index >= 15 is 0 Å². The molecule has 7 nitrogen and oxygen atoms in total. The SMILES string of the molecule is O=C(COc1ccccc1)N1CCC([C@H]2CCCCN2C(=O)CCn2cnc3ccccc32)CC1. The van der Waals surface area contributed by atoms with Crippen LogP contribution in [0.2, 0.25) is 0 Å². The number of carbonyl (C=O) groups is 2. The molecule has 2 saturated heterocycles. The van der Waals surface area contributed by atoms with E-state index in [2.05, 4.69) is 20.5 Å². The number of benzene rings is 2. The quantitative estimate of drug-likeness (QED) is 0.517. The molecule has 184 valence electrons. The number of likely N-dealkylation sites (tertiary alicyclic amines) is 2. The average Bonchev–Trinajstić information content (AvgIpc) is 3.34. The smallest absolute Gasteiger partial charge is 0.260 e. The molecule has 5 rings (SSSR count). The molecule has 35 heavy (non-hydrogen) atoms. The summed E-state index contributed by atoms with van der Waals surface area (Å²) in [6.07, 6.45) is 7.52. The Balaban J connectivity index is 1.13. The van der Waals surface area contributed by atoms with Crippen molar-refractivity contribution in [2.24, 2.45) is 5.92 Å². The van der Waals surface area contributed by atoms with Crippen LogP contribution in [-0.2, 0) is 16.1 Å². The summed E-state index contributed by atoms with van der Waals surface area (Å²) in [4.78, 5) is 34.4. The first kappa shape index (κ1) is 23.4. The van der Waals surface area contributed by atoms with Crippen LogP contribution in [0.5, 0.6) is 5.75 Å². The normalized spacial score (nSPS) is 19.1. The number of aromatic nitrogens is 2. The fourth-order valence-corrected chi connectivity index (χ4v) is 5.59. The highest BCUT2D eigenvalue weighted by atomic mass is 16.5. The summed E-state index contributed by atoms with van der Waals surface area (Å²) in [5.74, 6) is 1.45. The number of nitrogens with zero attached hydrogens (tertiary/aromatic N) is 4. The van der Waals surface area contributed by atoms with Gasteiger partial charge in [-0.25, -0.2) is 4.98 Å². The molecule has 2 aromatic carbocycles. The molecule has 2 aliphatic rings. The largest absolute Gasteiger partial charge is 0.484 e. The summed E-state index contributed by atoms with van der Waals surface area (Å²) in [5, 5.41) is 0. The van der Waals surface area contributed by atoms with Crippen molar-refractivity contribution in [2.75, 3.05) is 26.2 Å². The number of aryl methyl sites for hydroxylation is 1. The Morgan fingerprint density at radius 1 is 0.886 bits per heavy atom. The molecular formula is C28H34N4O3. The molecule has 3 heterocycles. The Bertz CT molecular complexity index is 1140. The highest BCUT2D eigenvalue weighted by Gasteiger charge is 2.35. The first-order chi connectivity index (χ1) is 17.2. The lowest BCUT2D eigenvalue weighted by molar-refractivity contribution is -0.139. The molecule has 2 aliphatic heterocycles. The Kier molecular flexibility index (Phi) is 7.31. The van der Waals surface area contributed by atoms with E-state index in [1.165, 1.54) is 6.42 Å². The predicted molar refractivity (Wildman–Crippen MR) is 135 cm³/mol. The van der Waals surface area contributed by atoms with Crippen molar-refractivity contribution >= 4 is 22.8 Å². The maximum Gasteiger partial charge on any atom is 0.260 e. The maximum absolute atomic E-state index is 13.3. The van der Waals surface area contributed by atoms with E-state index in [0.717, 1.165) is 62.1 Å². The number of fused-ring (bicyclic) bond motifs is 1. The summed E-state index contributed by atoms with van der Waals surface area (Å²) < 4.78 is 7.72. The molecule has 0 saturated carbocycles. The van der Waals surface area contributed by atoms with Crippen LogP contribution in [-0.4, -0.2) is 63.4 Å². The second-order valence-electron chi connectivity index (χ2n) is 9.65.